The van der Waals surface area contributed by atoms with E-state index in [-0.39, 0.29) is 5.69 Å². The fourth-order valence-electron chi connectivity index (χ4n) is 1.45. The predicted molar refractivity (Wildman–Crippen MR) is 67.5 cm³/mol. The van der Waals surface area contributed by atoms with Crippen LogP contribution < -0.4 is 5.43 Å². The molecule has 0 saturated carbocycles. The van der Waals surface area contributed by atoms with E-state index in [0.717, 1.165) is 5.56 Å². The summed E-state index contributed by atoms with van der Waals surface area (Å²) in [6.07, 6.45) is 1.55. The van der Waals surface area contributed by atoms with Crippen molar-refractivity contribution >= 4 is 11.9 Å². The highest BCUT2D eigenvalue weighted by molar-refractivity contribution is 5.77. The van der Waals surface area contributed by atoms with Gasteiger partial charge in [0.25, 0.3) is 5.69 Å². The van der Waals surface area contributed by atoms with Gasteiger partial charge in [-0.15, -0.1) is 0 Å². The standard InChI is InChI=1S/C12H11N3O3/c1-13-14-8-11-6-7-12(18-11)9-2-4-10(5-3-9)15(16)17/h2-8,13H,1H3/b14-8-. The number of hydrogen-bond donors (Lipinski definition) is 1. The molecule has 0 saturated heterocycles. The van der Waals surface area contributed by atoms with E-state index >= 15 is 0 Å². The van der Waals surface area contributed by atoms with Gasteiger partial charge in [-0.05, 0) is 24.3 Å². The van der Waals surface area contributed by atoms with Gasteiger partial charge in [-0.1, -0.05) is 0 Å². The van der Waals surface area contributed by atoms with Crippen molar-refractivity contribution < 1.29 is 9.34 Å². The molecule has 18 heavy (non-hydrogen) atoms. The van der Waals surface area contributed by atoms with Gasteiger partial charge in [0.05, 0.1) is 11.1 Å². The zero-order valence-electron chi connectivity index (χ0n) is 9.66. The number of hydrazone groups is 1. The Balaban J connectivity index is 2.23. The van der Waals surface area contributed by atoms with E-state index in [2.05, 4.69) is 10.5 Å². The maximum atomic E-state index is 10.5. The lowest BCUT2D eigenvalue weighted by Crippen LogP contribution is -1.93. The quantitative estimate of drug-likeness (QED) is 0.509. The fraction of sp³-hybridized carbons (Fsp3) is 0.0833. The Hall–Kier alpha value is -2.63. The highest BCUT2D eigenvalue weighted by atomic mass is 16.6. The van der Waals surface area contributed by atoms with Crippen molar-refractivity contribution in [1.29, 1.82) is 0 Å². The third-order valence-corrected chi connectivity index (χ3v) is 2.31. The number of hydrogen-bond acceptors (Lipinski definition) is 5. The van der Waals surface area contributed by atoms with E-state index in [4.69, 9.17) is 4.42 Å². The molecule has 92 valence electrons. The van der Waals surface area contributed by atoms with Gasteiger partial charge >= 0.3 is 0 Å². The van der Waals surface area contributed by atoms with E-state index in [1.165, 1.54) is 12.1 Å². The number of non-ortho nitro benzene ring substituents is 1. The summed E-state index contributed by atoms with van der Waals surface area (Å²) in [7, 11) is 1.69. The van der Waals surface area contributed by atoms with Crippen LogP contribution in [0, 0.1) is 10.1 Å². The molecule has 1 aromatic carbocycles. The van der Waals surface area contributed by atoms with Gasteiger partial charge in [-0.3, -0.25) is 10.1 Å². The Bertz CT molecular complexity index is 573. The third kappa shape index (κ3) is 2.54. The summed E-state index contributed by atoms with van der Waals surface area (Å²) in [4.78, 5) is 10.1. The highest BCUT2D eigenvalue weighted by Crippen LogP contribution is 2.23. The van der Waals surface area contributed by atoms with E-state index < -0.39 is 4.92 Å². The Labute approximate surface area is 103 Å². The van der Waals surface area contributed by atoms with Crippen LogP contribution >= 0.6 is 0 Å². The second kappa shape index (κ2) is 5.13. The van der Waals surface area contributed by atoms with Gasteiger partial charge in [0, 0.05) is 24.7 Å². The SMILES string of the molecule is CN/N=C\c1ccc(-c2ccc([N+](=O)[O-])cc2)o1. The van der Waals surface area contributed by atoms with Crippen LogP contribution in [0.15, 0.2) is 45.9 Å². The monoisotopic (exact) mass is 245 g/mol. The molecule has 0 spiro atoms. The van der Waals surface area contributed by atoms with Gasteiger partial charge in [0.1, 0.15) is 11.5 Å². The van der Waals surface area contributed by atoms with E-state index in [0.29, 0.717) is 11.5 Å². The molecule has 6 heteroatoms. The zero-order chi connectivity index (χ0) is 13.0. The van der Waals surface area contributed by atoms with Gasteiger partial charge in [0.2, 0.25) is 0 Å². The molecule has 1 aromatic heterocycles. The summed E-state index contributed by atoms with van der Waals surface area (Å²) >= 11 is 0. The van der Waals surface area contributed by atoms with Gasteiger partial charge in [0.15, 0.2) is 0 Å². The van der Waals surface area contributed by atoms with Crippen molar-refractivity contribution in [1.82, 2.24) is 5.43 Å². The second-order valence-electron chi connectivity index (χ2n) is 3.49. The Morgan fingerprint density at radius 2 is 2.00 bits per heavy atom. The normalized spacial score (nSPS) is 10.7. The molecule has 0 fully saturated rings. The molecule has 0 aliphatic carbocycles. The molecule has 6 nitrogen and oxygen atoms in total. The fourth-order valence-corrected chi connectivity index (χ4v) is 1.45. The average Bonchev–Trinajstić information content (AvgIpc) is 2.85. The average molecular weight is 245 g/mol. The molecule has 0 unspecified atom stereocenters. The second-order valence-corrected chi connectivity index (χ2v) is 3.49. The van der Waals surface area contributed by atoms with E-state index in [1.54, 1.807) is 37.5 Å². The van der Waals surface area contributed by atoms with Crippen molar-refractivity contribution in [2.45, 2.75) is 0 Å². The molecular weight excluding hydrogens is 234 g/mol. The number of benzene rings is 1. The molecule has 0 atom stereocenters. The zero-order valence-corrected chi connectivity index (χ0v) is 9.66. The maximum Gasteiger partial charge on any atom is 0.269 e. The maximum absolute atomic E-state index is 10.5. The first-order valence-corrected chi connectivity index (χ1v) is 5.25. The van der Waals surface area contributed by atoms with Gasteiger partial charge in [-0.2, -0.15) is 5.10 Å². The van der Waals surface area contributed by atoms with Crippen molar-refractivity contribution in [3.05, 3.63) is 52.3 Å². The lowest BCUT2D eigenvalue weighted by Gasteiger charge is -1.96. The van der Waals surface area contributed by atoms with Crippen LogP contribution in [0.4, 0.5) is 5.69 Å². The van der Waals surface area contributed by atoms with Crippen LogP contribution in [-0.4, -0.2) is 18.2 Å². The summed E-state index contributed by atoms with van der Waals surface area (Å²) < 4.78 is 5.51. The van der Waals surface area contributed by atoms with Crippen LogP contribution in [0.25, 0.3) is 11.3 Å². The predicted octanol–water partition coefficient (Wildman–Crippen LogP) is 2.41. The Morgan fingerprint density at radius 3 is 2.61 bits per heavy atom. The van der Waals surface area contributed by atoms with Crippen LogP contribution in [0.3, 0.4) is 0 Å². The molecule has 0 aliphatic rings. The number of furan rings is 1. The molecule has 0 bridgehead atoms. The molecule has 1 heterocycles. The number of nitro benzene ring substituents is 1. The topological polar surface area (TPSA) is 80.7 Å². The van der Waals surface area contributed by atoms with Crippen LogP contribution in [0.2, 0.25) is 0 Å². The number of nitrogens with one attached hydrogen (secondary N) is 1. The number of nitrogens with zero attached hydrogens (tertiary/aromatic N) is 2. The minimum atomic E-state index is -0.434. The highest BCUT2D eigenvalue weighted by Gasteiger charge is 2.07. The molecule has 0 amide bonds. The summed E-state index contributed by atoms with van der Waals surface area (Å²) in [5, 5.41) is 14.4. The summed E-state index contributed by atoms with van der Waals surface area (Å²) in [6.45, 7) is 0. The number of nitro groups is 1. The van der Waals surface area contributed by atoms with Crippen molar-refractivity contribution in [3.8, 4) is 11.3 Å². The minimum absolute atomic E-state index is 0.0577. The molecule has 0 aliphatic heterocycles. The number of rotatable bonds is 4. The minimum Gasteiger partial charge on any atom is -0.455 e. The molecular formula is C12H11N3O3. The summed E-state index contributed by atoms with van der Waals surface area (Å²) in [6, 6.07) is 9.75. The van der Waals surface area contributed by atoms with Crippen molar-refractivity contribution in [2.24, 2.45) is 5.10 Å². The van der Waals surface area contributed by atoms with Crippen LogP contribution in [0.5, 0.6) is 0 Å². The first-order chi connectivity index (χ1) is 8.70. The lowest BCUT2D eigenvalue weighted by molar-refractivity contribution is -0.384. The molecule has 2 rings (SSSR count). The first-order valence-electron chi connectivity index (χ1n) is 5.25. The van der Waals surface area contributed by atoms with Gasteiger partial charge < -0.3 is 9.84 Å². The molecule has 1 N–H and O–H groups in total. The summed E-state index contributed by atoms with van der Waals surface area (Å²) in [5.74, 6) is 1.25. The first kappa shape index (κ1) is 11.8. The van der Waals surface area contributed by atoms with E-state index in [1.807, 2.05) is 0 Å². The van der Waals surface area contributed by atoms with Crippen LogP contribution in [0.1, 0.15) is 5.76 Å². The smallest absolute Gasteiger partial charge is 0.269 e. The lowest BCUT2D eigenvalue weighted by atomic mass is 10.1. The van der Waals surface area contributed by atoms with Crippen molar-refractivity contribution in [2.75, 3.05) is 7.05 Å². The third-order valence-electron chi connectivity index (χ3n) is 2.31. The summed E-state index contributed by atoms with van der Waals surface area (Å²) in [5.41, 5.74) is 3.46. The Kier molecular flexibility index (Phi) is 3.38. The molecule has 2 aromatic rings. The van der Waals surface area contributed by atoms with Gasteiger partial charge in [-0.25, -0.2) is 0 Å². The van der Waals surface area contributed by atoms with E-state index in [9.17, 15) is 10.1 Å². The van der Waals surface area contributed by atoms with Crippen molar-refractivity contribution in [3.63, 3.8) is 0 Å². The largest absolute Gasteiger partial charge is 0.455 e. The Morgan fingerprint density at radius 1 is 1.28 bits per heavy atom. The van der Waals surface area contributed by atoms with Crippen LogP contribution in [-0.2, 0) is 0 Å². The molecule has 0 radical (unpaired) electrons.